The third kappa shape index (κ3) is 2.79. The maximum absolute atomic E-state index is 12.9. The van der Waals surface area contributed by atoms with Gasteiger partial charge < -0.3 is 10.6 Å². The maximum atomic E-state index is 12.9. The normalized spacial score (nSPS) is 30.8. The van der Waals surface area contributed by atoms with Gasteiger partial charge >= 0.3 is 6.18 Å². The highest BCUT2D eigenvalue weighted by molar-refractivity contribution is 5.79. The van der Waals surface area contributed by atoms with Crippen LogP contribution in [-0.2, 0) is 4.79 Å². The average Bonchev–Trinajstić information content (AvgIpc) is 2.79. The van der Waals surface area contributed by atoms with Crippen molar-refractivity contribution in [3.05, 3.63) is 0 Å². The second-order valence-electron chi connectivity index (χ2n) is 5.37. The standard InChI is InChI=1S/C12H19F3N2O/c13-12(14,15)10-6-5-9(16)7-17(10)11(18)8-3-1-2-4-8/h8-10H,1-7,16H2. The fourth-order valence-electron chi connectivity index (χ4n) is 2.99. The maximum Gasteiger partial charge on any atom is 0.408 e. The second-order valence-corrected chi connectivity index (χ2v) is 5.37. The topological polar surface area (TPSA) is 46.3 Å². The molecule has 0 bridgehead atoms. The van der Waals surface area contributed by atoms with Crippen LogP contribution in [0.3, 0.4) is 0 Å². The van der Waals surface area contributed by atoms with Crippen molar-refractivity contribution in [2.24, 2.45) is 11.7 Å². The smallest absolute Gasteiger partial charge is 0.329 e. The summed E-state index contributed by atoms with van der Waals surface area (Å²) in [5.41, 5.74) is 5.71. The zero-order valence-electron chi connectivity index (χ0n) is 10.2. The fourth-order valence-corrected chi connectivity index (χ4v) is 2.99. The van der Waals surface area contributed by atoms with E-state index in [2.05, 4.69) is 0 Å². The highest BCUT2D eigenvalue weighted by Crippen LogP contribution is 2.35. The highest BCUT2D eigenvalue weighted by atomic mass is 19.4. The zero-order chi connectivity index (χ0) is 13.3. The molecule has 1 saturated carbocycles. The third-order valence-electron chi connectivity index (χ3n) is 3.98. The number of likely N-dealkylation sites (tertiary alicyclic amines) is 1. The molecule has 1 saturated heterocycles. The van der Waals surface area contributed by atoms with Gasteiger partial charge in [-0.3, -0.25) is 4.79 Å². The molecule has 6 heteroatoms. The van der Waals surface area contributed by atoms with Gasteiger partial charge in [-0.25, -0.2) is 0 Å². The minimum atomic E-state index is -4.34. The molecular formula is C12H19F3N2O. The van der Waals surface area contributed by atoms with Crippen LogP contribution in [0.4, 0.5) is 13.2 Å². The van der Waals surface area contributed by atoms with E-state index in [0.29, 0.717) is 6.42 Å². The summed E-state index contributed by atoms with van der Waals surface area (Å²) in [6, 6.07) is -1.96. The molecule has 2 atom stereocenters. The van der Waals surface area contributed by atoms with E-state index in [1.165, 1.54) is 0 Å². The van der Waals surface area contributed by atoms with E-state index in [0.717, 1.165) is 30.6 Å². The summed E-state index contributed by atoms with van der Waals surface area (Å²) < 4.78 is 38.8. The van der Waals surface area contributed by atoms with Crippen LogP contribution in [0.2, 0.25) is 0 Å². The lowest BCUT2D eigenvalue weighted by Gasteiger charge is -2.40. The molecule has 104 valence electrons. The van der Waals surface area contributed by atoms with E-state index in [1.807, 2.05) is 0 Å². The largest absolute Gasteiger partial charge is 0.408 e. The first kappa shape index (κ1) is 13.6. The molecule has 2 unspecified atom stereocenters. The summed E-state index contributed by atoms with van der Waals surface area (Å²) >= 11 is 0. The van der Waals surface area contributed by atoms with Gasteiger partial charge in [-0.15, -0.1) is 0 Å². The summed E-state index contributed by atoms with van der Waals surface area (Å²) in [5.74, 6) is -0.565. The molecule has 2 rings (SSSR count). The van der Waals surface area contributed by atoms with Gasteiger partial charge in [0.25, 0.3) is 0 Å². The van der Waals surface area contributed by atoms with Crippen LogP contribution in [0, 0.1) is 5.92 Å². The molecule has 0 aromatic rings. The van der Waals surface area contributed by atoms with Crippen molar-refractivity contribution in [2.75, 3.05) is 6.54 Å². The van der Waals surface area contributed by atoms with E-state index >= 15 is 0 Å². The molecule has 2 aliphatic rings. The van der Waals surface area contributed by atoms with Crippen LogP contribution in [0.25, 0.3) is 0 Å². The predicted octanol–water partition coefficient (Wildman–Crippen LogP) is 2.06. The molecule has 2 fully saturated rings. The Morgan fingerprint density at radius 2 is 1.72 bits per heavy atom. The van der Waals surface area contributed by atoms with Crippen molar-refractivity contribution in [1.29, 1.82) is 0 Å². The van der Waals surface area contributed by atoms with E-state index in [4.69, 9.17) is 5.73 Å². The minimum Gasteiger partial charge on any atom is -0.329 e. The molecule has 1 heterocycles. The first-order chi connectivity index (χ1) is 8.39. The number of nitrogens with two attached hydrogens (primary N) is 1. The fraction of sp³-hybridized carbons (Fsp3) is 0.917. The van der Waals surface area contributed by atoms with Gasteiger partial charge in [0.15, 0.2) is 0 Å². The number of carbonyl (C=O) groups excluding carboxylic acids is 1. The van der Waals surface area contributed by atoms with E-state index in [-0.39, 0.29) is 30.8 Å². The predicted molar refractivity (Wildman–Crippen MR) is 60.7 cm³/mol. The summed E-state index contributed by atoms with van der Waals surface area (Å²) in [6.07, 6.45) is -0.763. The summed E-state index contributed by atoms with van der Waals surface area (Å²) in [6.45, 7) is 0.0412. The van der Waals surface area contributed by atoms with E-state index < -0.39 is 12.2 Å². The molecule has 0 aromatic heterocycles. The molecule has 1 aliphatic heterocycles. The van der Waals surface area contributed by atoms with Crippen molar-refractivity contribution >= 4 is 5.91 Å². The van der Waals surface area contributed by atoms with Gasteiger partial charge in [-0.2, -0.15) is 13.2 Å². The van der Waals surface area contributed by atoms with Gasteiger partial charge in [0, 0.05) is 18.5 Å². The summed E-state index contributed by atoms with van der Waals surface area (Å²) in [4.78, 5) is 13.2. The molecule has 2 N–H and O–H groups in total. The summed E-state index contributed by atoms with van der Waals surface area (Å²) in [5, 5.41) is 0. The molecule has 1 aliphatic carbocycles. The number of nitrogens with zero attached hydrogens (tertiary/aromatic N) is 1. The number of hydrogen-bond acceptors (Lipinski definition) is 2. The Bertz CT molecular complexity index is 313. The van der Waals surface area contributed by atoms with Crippen molar-refractivity contribution in [3.8, 4) is 0 Å². The van der Waals surface area contributed by atoms with Crippen LogP contribution in [0.15, 0.2) is 0 Å². The van der Waals surface area contributed by atoms with E-state index in [9.17, 15) is 18.0 Å². The second kappa shape index (κ2) is 5.07. The Morgan fingerprint density at radius 3 is 2.28 bits per heavy atom. The van der Waals surface area contributed by atoms with Crippen LogP contribution in [0.5, 0.6) is 0 Å². The number of piperidine rings is 1. The van der Waals surface area contributed by atoms with E-state index in [1.54, 1.807) is 0 Å². The van der Waals surface area contributed by atoms with Crippen molar-refractivity contribution in [1.82, 2.24) is 4.90 Å². The Kier molecular flexibility index (Phi) is 3.84. The van der Waals surface area contributed by atoms with Crippen LogP contribution < -0.4 is 5.73 Å². The molecule has 18 heavy (non-hydrogen) atoms. The van der Waals surface area contributed by atoms with Gasteiger partial charge in [0.05, 0.1) is 0 Å². The van der Waals surface area contributed by atoms with Crippen molar-refractivity contribution in [3.63, 3.8) is 0 Å². The highest BCUT2D eigenvalue weighted by Gasteiger charge is 2.48. The van der Waals surface area contributed by atoms with Crippen LogP contribution in [0.1, 0.15) is 38.5 Å². The molecule has 0 spiro atoms. The van der Waals surface area contributed by atoms with Gasteiger partial charge in [0.2, 0.25) is 5.91 Å². The molecular weight excluding hydrogens is 245 g/mol. The van der Waals surface area contributed by atoms with Crippen LogP contribution in [-0.4, -0.2) is 35.6 Å². The third-order valence-corrected chi connectivity index (χ3v) is 3.98. The SMILES string of the molecule is NC1CCC(C(F)(F)F)N(C(=O)C2CCCC2)C1. The number of alkyl halides is 3. The van der Waals surface area contributed by atoms with Crippen molar-refractivity contribution < 1.29 is 18.0 Å². The molecule has 0 radical (unpaired) electrons. The zero-order valence-corrected chi connectivity index (χ0v) is 10.2. The Hall–Kier alpha value is -0.780. The molecule has 0 aromatic carbocycles. The lowest BCUT2D eigenvalue weighted by atomic mass is 9.95. The summed E-state index contributed by atoms with van der Waals surface area (Å²) in [7, 11) is 0. The number of carbonyl (C=O) groups is 1. The Balaban J connectivity index is 2.11. The Labute approximate surface area is 104 Å². The quantitative estimate of drug-likeness (QED) is 0.788. The lowest BCUT2D eigenvalue weighted by Crippen LogP contribution is -2.57. The first-order valence-corrected chi connectivity index (χ1v) is 6.52. The van der Waals surface area contributed by atoms with Crippen LogP contribution >= 0.6 is 0 Å². The van der Waals surface area contributed by atoms with Gasteiger partial charge in [-0.1, -0.05) is 12.8 Å². The number of rotatable bonds is 1. The average molecular weight is 264 g/mol. The van der Waals surface area contributed by atoms with Gasteiger partial charge in [0.1, 0.15) is 6.04 Å². The number of amides is 1. The van der Waals surface area contributed by atoms with Crippen molar-refractivity contribution in [2.45, 2.75) is 56.8 Å². The number of halogens is 3. The lowest BCUT2D eigenvalue weighted by molar-refractivity contribution is -0.198. The minimum absolute atomic E-state index is 0.0412. The number of hydrogen-bond donors (Lipinski definition) is 1. The monoisotopic (exact) mass is 264 g/mol. The van der Waals surface area contributed by atoms with Gasteiger partial charge in [-0.05, 0) is 25.7 Å². The first-order valence-electron chi connectivity index (χ1n) is 6.52. The molecule has 1 amide bonds. The Morgan fingerprint density at radius 1 is 1.11 bits per heavy atom. The molecule has 3 nitrogen and oxygen atoms in total.